The summed E-state index contributed by atoms with van der Waals surface area (Å²) < 4.78 is 15.7. The molecule has 122 valence electrons. The Balaban J connectivity index is 1.94. The van der Waals surface area contributed by atoms with Gasteiger partial charge in [-0.2, -0.15) is 0 Å². The van der Waals surface area contributed by atoms with Gasteiger partial charge in [-0.15, -0.1) is 0 Å². The Hall–Kier alpha value is -3.08. The molecule has 1 aliphatic heterocycles. The average molecular weight is 323 g/mol. The van der Waals surface area contributed by atoms with Gasteiger partial charge in [-0.05, 0) is 36.8 Å². The van der Waals surface area contributed by atoms with Crippen molar-refractivity contribution in [1.82, 2.24) is 0 Å². The molecule has 5 nitrogen and oxygen atoms in total. The second-order valence-corrected chi connectivity index (χ2v) is 5.32. The van der Waals surface area contributed by atoms with Crippen molar-refractivity contribution in [2.24, 2.45) is 4.99 Å². The summed E-state index contributed by atoms with van der Waals surface area (Å²) in [5.41, 5.74) is 2.93. The highest BCUT2D eigenvalue weighted by Gasteiger charge is 2.25. The summed E-state index contributed by atoms with van der Waals surface area (Å²) in [5, 5.41) is 0. The standard InChI is InChI=1S/C19H17NO4/c1-12-5-4-6-13(9-12)10-15-19(21)24-18(20-15)14-7-8-16(22-2)17(11-14)23-3/h4-11H,1-3H3. The lowest BCUT2D eigenvalue weighted by Crippen LogP contribution is -2.05. The zero-order chi connectivity index (χ0) is 17.1. The van der Waals surface area contributed by atoms with Crippen LogP contribution in [-0.2, 0) is 9.53 Å². The average Bonchev–Trinajstić information content (AvgIpc) is 2.95. The number of hydrogen-bond acceptors (Lipinski definition) is 5. The zero-order valence-electron chi connectivity index (χ0n) is 13.7. The van der Waals surface area contributed by atoms with E-state index in [0.717, 1.165) is 11.1 Å². The van der Waals surface area contributed by atoms with E-state index in [1.165, 1.54) is 0 Å². The summed E-state index contributed by atoms with van der Waals surface area (Å²) in [6, 6.07) is 13.0. The van der Waals surface area contributed by atoms with Crippen LogP contribution < -0.4 is 9.47 Å². The number of aliphatic imine (C=N–C) groups is 1. The van der Waals surface area contributed by atoms with E-state index in [4.69, 9.17) is 14.2 Å². The highest BCUT2D eigenvalue weighted by atomic mass is 16.6. The second-order valence-electron chi connectivity index (χ2n) is 5.32. The van der Waals surface area contributed by atoms with Crippen LogP contribution in [0, 0.1) is 6.92 Å². The van der Waals surface area contributed by atoms with Gasteiger partial charge >= 0.3 is 5.97 Å². The Kier molecular flexibility index (Phi) is 4.33. The van der Waals surface area contributed by atoms with E-state index in [2.05, 4.69) is 4.99 Å². The molecule has 0 radical (unpaired) electrons. The van der Waals surface area contributed by atoms with Gasteiger partial charge in [0, 0.05) is 5.56 Å². The molecule has 0 saturated carbocycles. The van der Waals surface area contributed by atoms with Crippen LogP contribution in [0.25, 0.3) is 6.08 Å². The van der Waals surface area contributed by atoms with Crippen LogP contribution in [0.4, 0.5) is 0 Å². The molecule has 0 amide bonds. The van der Waals surface area contributed by atoms with E-state index in [9.17, 15) is 4.79 Å². The molecule has 2 aromatic rings. The number of esters is 1. The third-order valence-electron chi connectivity index (χ3n) is 3.60. The van der Waals surface area contributed by atoms with E-state index >= 15 is 0 Å². The Morgan fingerprint density at radius 2 is 1.83 bits per heavy atom. The molecule has 0 unspecified atom stereocenters. The summed E-state index contributed by atoms with van der Waals surface area (Å²) in [5.74, 6) is 0.924. The molecule has 0 spiro atoms. The fourth-order valence-electron chi connectivity index (χ4n) is 2.42. The van der Waals surface area contributed by atoms with Crippen LogP contribution >= 0.6 is 0 Å². The van der Waals surface area contributed by atoms with Crippen molar-refractivity contribution in [3.63, 3.8) is 0 Å². The third kappa shape index (κ3) is 3.15. The van der Waals surface area contributed by atoms with E-state index in [0.29, 0.717) is 17.1 Å². The molecule has 3 rings (SSSR count). The molecule has 0 bridgehead atoms. The van der Waals surface area contributed by atoms with Crippen LogP contribution in [-0.4, -0.2) is 26.1 Å². The predicted octanol–water partition coefficient (Wildman–Crippen LogP) is 3.36. The molecule has 2 aromatic carbocycles. The van der Waals surface area contributed by atoms with E-state index in [-0.39, 0.29) is 11.6 Å². The molecule has 1 heterocycles. The molecule has 1 aliphatic rings. The quantitative estimate of drug-likeness (QED) is 0.639. The predicted molar refractivity (Wildman–Crippen MR) is 91.3 cm³/mol. The molecule has 24 heavy (non-hydrogen) atoms. The smallest absolute Gasteiger partial charge is 0.363 e. The number of carbonyl (C=O) groups excluding carboxylic acids is 1. The summed E-state index contributed by atoms with van der Waals surface area (Å²) in [6.07, 6.45) is 1.71. The van der Waals surface area contributed by atoms with Crippen LogP contribution in [0.5, 0.6) is 11.5 Å². The minimum atomic E-state index is -0.471. The fraction of sp³-hybridized carbons (Fsp3) is 0.158. The summed E-state index contributed by atoms with van der Waals surface area (Å²) >= 11 is 0. The lowest BCUT2D eigenvalue weighted by Gasteiger charge is -2.08. The van der Waals surface area contributed by atoms with Gasteiger partial charge in [0.2, 0.25) is 5.90 Å². The molecule has 0 aromatic heterocycles. The van der Waals surface area contributed by atoms with Crippen molar-refractivity contribution < 1.29 is 19.0 Å². The molecule has 0 fully saturated rings. The summed E-state index contributed by atoms with van der Waals surface area (Å²) in [7, 11) is 3.11. The van der Waals surface area contributed by atoms with Gasteiger partial charge in [0.1, 0.15) is 0 Å². The van der Waals surface area contributed by atoms with Crippen molar-refractivity contribution >= 4 is 17.9 Å². The number of hydrogen-bond donors (Lipinski definition) is 0. The molecule has 5 heteroatoms. The van der Waals surface area contributed by atoms with E-state index < -0.39 is 5.97 Å². The third-order valence-corrected chi connectivity index (χ3v) is 3.60. The number of carbonyl (C=O) groups is 1. The van der Waals surface area contributed by atoms with Gasteiger partial charge in [-0.3, -0.25) is 0 Å². The lowest BCUT2D eigenvalue weighted by molar-refractivity contribution is -0.129. The highest BCUT2D eigenvalue weighted by Crippen LogP contribution is 2.29. The fourth-order valence-corrected chi connectivity index (χ4v) is 2.42. The normalized spacial score (nSPS) is 15.2. The highest BCUT2D eigenvalue weighted by molar-refractivity contribution is 6.13. The number of benzene rings is 2. The maximum absolute atomic E-state index is 12.1. The molecule has 0 aliphatic carbocycles. The maximum Gasteiger partial charge on any atom is 0.363 e. The second kappa shape index (κ2) is 6.58. The van der Waals surface area contributed by atoms with Gasteiger partial charge in [0.25, 0.3) is 0 Å². The Morgan fingerprint density at radius 1 is 1.04 bits per heavy atom. The minimum Gasteiger partial charge on any atom is -0.493 e. The van der Waals surface area contributed by atoms with Crippen molar-refractivity contribution in [2.75, 3.05) is 14.2 Å². The first-order valence-electron chi connectivity index (χ1n) is 7.42. The van der Waals surface area contributed by atoms with Crippen LogP contribution in [0.2, 0.25) is 0 Å². The lowest BCUT2D eigenvalue weighted by atomic mass is 10.1. The SMILES string of the molecule is COc1ccc(C2=NC(=Cc3cccc(C)c3)C(=O)O2)cc1OC. The topological polar surface area (TPSA) is 57.1 Å². The van der Waals surface area contributed by atoms with Gasteiger partial charge < -0.3 is 14.2 Å². The van der Waals surface area contributed by atoms with Gasteiger partial charge in [0.15, 0.2) is 17.2 Å². The Labute approximate surface area is 140 Å². The van der Waals surface area contributed by atoms with Crippen molar-refractivity contribution in [3.05, 3.63) is 64.9 Å². The Morgan fingerprint density at radius 3 is 2.54 bits per heavy atom. The molecular weight excluding hydrogens is 306 g/mol. The number of nitrogens with zero attached hydrogens (tertiary/aromatic N) is 1. The van der Waals surface area contributed by atoms with Crippen molar-refractivity contribution in [2.45, 2.75) is 6.92 Å². The zero-order valence-corrected chi connectivity index (χ0v) is 13.7. The molecule has 0 saturated heterocycles. The molecule has 0 atom stereocenters. The minimum absolute atomic E-state index is 0.250. The van der Waals surface area contributed by atoms with Crippen molar-refractivity contribution in [3.8, 4) is 11.5 Å². The number of rotatable bonds is 4. The van der Waals surface area contributed by atoms with Gasteiger partial charge in [0.05, 0.1) is 14.2 Å². The number of aryl methyl sites for hydroxylation is 1. The van der Waals surface area contributed by atoms with E-state index in [1.807, 2.05) is 31.2 Å². The van der Waals surface area contributed by atoms with Crippen LogP contribution in [0.3, 0.4) is 0 Å². The monoisotopic (exact) mass is 323 g/mol. The number of methoxy groups -OCH3 is 2. The van der Waals surface area contributed by atoms with Crippen molar-refractivity contribution in [1.29, 1.82) is 0 Å². The largest absolute Gasteiger partial charge is 0.493 e. The van der Waals surface area contributed by atoms with Crippen LogP contribution in [0.15, 0.2) is 53.2 Å². The maximum atomic E-state index is 12.1. The van der Waals surface area contributed by atoms with Gasteiger partial charge in [-0.1, -0.05) is 29.8 Å². The van der Waals surface area contributed by atoms with Crippen LogP contribution in [0.1, 0.15) is 16.7 Å². The summed E-state index contributed by atoms with van der Waals surface area (Å²) in [4.78, 5) is 16.4. The number of ether oxygens (including phenoxy) is 3. The summed E-state index contributed by atoms with van der Waals surface area (Å²) in [6.45, 7) is 1.99. The first kappa shape index (κ1) is 15.8. The molecular formula is C19H17NO4. The molecule has 0 N–H and O–H groups in total. The first-order chi connectivity index (χ1) is 11.6. The van der Waals surface area contributed by atoms with E-state index in [1.54, 1.807) is 38.5 Å². The number of cyclic esters (lactones) is 1. The van der Waals surface area contributed by atoms with Gasteiger partial charge in [-0.25, -0.2) is 9.79 Å². The Bertz CT molecular complexity index is 852. The first-order valence-corrected chi connectivity index (χ1v) is 7.42.